The molecule has 0 bridgehead atoms. The molecule has 6 heteroatoms. The summed E-state index contributed by atoms with van der Waals surface area (Å²) in [6, 6.07) is 17.3. The van der Waals surface area contributed by atoms with Gasteiger partial charge >= 0.3 is 0 Å². The maximum absolute atomic E-state index is 9.59. The van der Waals surface area contributed by atoms with Crippen molar-refractivity contribution in [3.05, 3.63) is 77.5 Å². The SMILES string of the molecule is CC(C)c1ccc(N=C(NO)c2ccc(Oc3cccc4c3OC(C)(C)C4)nc2)cc1. The molecule has 3 aromatic rings. The Kier molecular flexibility index (Phi) is 5.65. The summed E-state index contributed by atoms with van der Waals surface area (Å²) in [5.41, 5.74) is 5.66. The van der Waals surface area contributed by atoms with Gasteiger partial charge in [0.1, 0.15) is 5.60 Å². The fourth-order valence-electron chi connectivity index (χ4n) is 3.58. The Morgan fingerprint density at radius 1 is 1.13 bits per heavy atom. The second-order valence-corrected chi connectivity index (χ2v) is 8.59. The van der Waals surface area contributed by atoms with Crippen molar-refractivity contribution in [1.82, 2.24) is 10.5 Å². The molecule has 2 N–H and O–H groups in total. The Morgan fingerprint density at radius 2 is 1.90 bits per heavy atom. The monoisotopic (exact) mass is 417 g/mol. The van der Waals surface area contributed by atoms with Crippen molar-refractivity contribution in [3.63, 3.8) is 0 Å². The van der Waals surface area contributed by atoms with E-state index in [9.17, 15) is 5.21 Å². The topological polar surface area (TPSA) is 76.0 Å². The Balaban J connectivity index is 1.52. The van der Waals surface area contributed by atoms with E-state index in [-0.39, 0.29) is 5.60 Å². The molecule has 31 heavy (non-hydrogen) atoms. The van der Waals surface area contributed by atoms with Gasteiger partial charge in [-0.05, 0) is 49.6 Å². The predicted molar refractivity (Wildman–Crippen MR) is 121 cm³/mol. The highest BCUT2D eigenvalue weighted by atomic mass is 16.5. The summed E-state index contributed by atoms with van der Waals surface area (Å²) in [6.07, 6.45) is 2.44. The van der Waals surface area contributed by atoms with Crippen LogP contribution in [0.3, 0.4) is 0 Å². The molecule has 1 aliphatic heterocycles. The Bertz CT molecular complexity index is 1090. The van der Waals surface area contributed by atoms with Gasteiger partial charge in [0.25, 0.3) is 0 Å². The van der Waals surface area contributed by atoms with Crippen molar-refractivity contribution in [2.24, 2.45) is 4.99 Å². The number of para-hydroxylation sites is 1. The number of nitrogens with zero attached hydrogens (tertiary/aromatic N) is 2. The molecular formula is C25H27N3O3. The van der Waals surface area contributed by atoms with Crippen molar-refractivity contribution >= 4 is 11.5 Å². The van der Waals surface area contributed by atoms with E-state index in [0.29, 0.717) is 28.9 Å². The summed E-state index contributed by atoms with van der Waals surface area (Å²) in [6.45, 7) is 8.40. The van der Waals surface area contributed by atoms with Gasteiger partial charge < -0.3 is 9.47 Å². The first kappa shape index (κ1) is 20.9. The molecule has 6 nitrogen and oxygen atoms in total. The minimum Gasteiger partial charge on any atom is -0.483 e. The zero-order chi connectivity index (χ0) is 22.0. The van der Waals surface area contributed by atoms with E-state index in [1.54, 1.807) is 18.3 Å². The van der Waals surface area contributed by atoms with Crippen LogP contribution >= 0.6 is 0 Å². The lowest BCUT2D eigenvalue weighted by Crippen LogP contribution is -2.24. The van der Waals surface area contributed by atoms with Crippen molar-refractivity contribution in [1.29, 1.82) is 0 Å². The highest BCUT2D eigenvalue weighted by Gasteiger charge is 2.32. The maximum atomic E-state index is 9.59. The zero-order valence-electron chi connectivity index (χ0n) is 18.2. The second-order valence-electron chi connectivity index (χ2n) is 8.59. The van der Waals surface area contributed by atoms with Crippen LogP contribution < -0.4 is 15.0 Å². The number of hydroxylamine groups is 1. The van der Waals surface area contributed by atoms with Gasteiger partial charge in [0.2, 0.25) is 5.88 Å². The van der Waals surface area contributed by atoms with Crippen LogP contribution in [0, 0.1) is 0 Å². The first-order valence-electron chi connectivity index (χ1n) is 10.4. The van der Waals surface area contributed by atoms with E-state index < -0.39 is 0 Å². The number of hydrogen-bond donors (Lipinski definition) is 2. The number of benzene rings is 2. The van der Waals surface area contributed by atoms with Gasteiger partial charge in [-0.25, -0.2) is 9.98 Å². The molecule has 4 rings (SSSR count). The van der Waals surface area contributed by atoms with Crippen molar-refractivity contribution in [2.45, 2.75) is 45.6 Å². The van der Waals surface area contributed by atoms with Crippen molar-refractivity contribution in [2.75, 3.05) is 0 Å². The molecule has 0 radical (unpaired) electrons. The summed E-state index contributed by atoms with van der Waals surface area (Å²) in [5.74, 6) is 2.60. The average molecular weight is 418 g/mol. The van der Waals surface area contributed by atoms with E-state index >= 15 is 0 Å². The van der Waals surface area contributed by atoms with Crippen LogP contribution in [0.15, 0.2) is 65.8 Å². The number of aromatic nitrogens is 1. The zero-order valence-corrected chi connectivity index (χ0v) is 18.2. The molecule has 0 fully saturated rings. The number of fused-ring (bicyclic) bond motifs is 1. The number of hydrogen-bond acceptors (Lipinski definition) is 5. The van der Waals surface area contributed by atoms with Crippen LogP contribution in [0.1, 0.15) is 50.3 Å². The second kappa shape index (κ2) is 8.40. The first-order chi connectivity index (χ1) is 14.8. The Morgan fingerprint density at radius 3 is 2.55 bits per heavy atom. The summed E-state index contributed by atoms with van der Waals surface area (Å²) in [7, 11) is 0. The fourth-order valence-corrected chi connectivity index (χ4v) is 3.58. The highest BCUT2D eigenvalue weighted by molar-refractivity contribution is 5.99. The molecule has 0 spiro atoms. The summed E-state index contributed by atoms with van der Waals surface area (Å²) in [4.78, 5) is 8.85. The number of aliphatic imine (C=N–C) groups is 1. The van der Waals surface area contributed by atoms with Gasteiger partial charge in [-0.1, -0.05) is 38.1 Å². The van der Waals surface area contributed by atoms with E-state index in [2.05, 4.69) is 49.2 Å². The number of pyridine rings is 1. The molecule has 160 valence electrons. The molecule has 0 amide bonds. The lowest BCUT2D eigenvalue weighted by Gasteiger charge is -2.18. The van der Waals surface area contributed by atoms with Gasteiger partial charge in [-0.3, -0.25) is 10.7 Å². The van der Waals surface area contributed by atoms with Crippen LogP contribution in [-0.2, 0) is 6.42 Å². The Labute approximate surface area is 182 Å². The molecule has 0 aliphatic carbocycles. The van der Waals surface area contributed by atoms with E-state index in [1.165, 1.54) is 5.56 Å². The molecule has 0 saturated carbocycles. The van der Waals surface area contributed by atoms with Gasteiger partial charge in [-0.15, -0.1) is 0 Å². The van der Waals surface area contributed by atoms with Crippen LogP contribution in [0.5, 0.6) is 17.4 Å². The summed E-state index contributed by atoms with van der Waals surface area (Å²) in [5, 5.41) is 9.59. The third kappa shape index (κ3) is 4.70. The molecule has 0 atom stereocenters. The summed E-state index contributed by atoms with van der Waals surface area (Å²) >= 11 is 0. The number of rotatable bonds is 5. The van der Waals surface area contributed by atoms with E-state index in [1.807, 2.05) is 36.4 Å². The van der Waals surface area contributed by atoms with Gasteiger partial charge in [0, 0.05) is 29.8 Å². The molecule has 0 unspecified atom stereocenters. The molecule has 1 aromatic heterocycles. The number of amidine groups is 1. The smallest absolute Gasteiger partial charge is 0.219 e. The third-order valence-electron chi connectivity index (χ3n) is 5.19. The predicted octanol–water partition coefficient (Wildman–Crippen LogP) is 5.77. The van der Waals surface area contributed by atoms with E-state index in [4.69, 9.17) is 9.47 Å². The molecular weight excluding hydrogens is 390 g/mol. The van der Waals surface area contributed by atoms with Crippen LogP contribution in [0.4, 0.5) is 5.69 Å². The average Bonchev–Trinajstić information content (AvgIpc) is 3.08. The molecule has 2 heterocycles. The Hall–Kier alpha value is -3.38. The van der Waals surface area contributed by atoms with E-state index in [0.717, 1.165) is 23.4 Å². The number of ether oxygens (including phenoxy) is 2. The number of nitrogens with one attached hydrogen (secondary N) is 1. The fraction of sp³-hybridized carbons (Fsp3) is 0.280. The van der Waals surface area contributed by atoms with Gasteiger partial charge in [0.15, 0.2) is 17.3 Å². The summed E-state index contributed by atoms with van der Waals surface area (Å²) < 4.78 is 12.0. The lowest BCUT2D eigenvalue weighted by atomic mass is 10.0. The van der Waals surface area contributed by atoms with Crippen LogP contribution in [-0.4, -0.2) is 21.6 Å². The van der Waals surface area contributed by atoms with Crippen LogP contribution in [0.2, 0.25) is 0 Å². The van der Waals surface area contributed by atoms with Gasteiger partial charge in [-0.2, -0.15) is 0 Å². The standard InChI is InChI=1S/C25H27N3O3/c1-16(2)17-8-11-20(12-9-17)27-24(28-29)19-10-13-22(26-15-19)30-21-7-5-6-18-14-25(3,4)31-23(18)21/h5-13,15-16,29H,14H2,1-4H3,(H,27,28). The minimum absolute atomic E-state index is 0.245. The quantitative estimate of drug-likeness (QED) is 0.313. The lowest BCUT2D eigenvalue weighted by molar-refractivity contribution is 0.135. The first-order valence-corrected chi connectivity index (χ1v) is 10.4. The van der Waals surface area contributed by atoms with Gasteiger partial charge in [0.05, 0.1) is 5.69 Å². The maximum Gasteiger partial charge on any atom is 0.219 e. The van der Waals surface area contributed by atoms with Crippen molar-refractivity contribution < 1.29 is 14.7 Å². The normalized spacial score (nSPS) is 14.8. The molecule has 2 aromatic carbocycles. The third-order valence-corrected chi connectivity index (χ3v) is 5.19. The minimum atomic E-state index is -0.245. The largest absolute Gasteiger partial charge is 0.483 e. The van der Waals surface area contributed by atoms with Crippen LogP contribution in [0.25, 0.3) is 0 Å². The van der Waals surface area contributed by atoms with Crippen molar-refractivity contribution in [3.8, 4) is 17.4 Å². The highest BCUT2D eigenvalue weighted by Crippen LogP contribution is 2.43. The molecule has 0 saturated heterocycles. The molecule has 1 aliphatic rings.